The molecule has 0 aliphatic rings. The number of nitrogens with zero attached hydrogens (tertiary/aromatic N) is 2. The lowest BCUT2D eigenvalue weighted by atomic mass is 10.3. The Kier molecular flexibility index (Phi) is 5.30. The Labute approximate surface area is 136 Å². The summed E-state index contributed by atoms with van der Waals surface area (Å²) in [6.45, 7) is 1.27. The molecule has 0 fully saturated rings. The van der Waals surface area contributed by atoms with E-state index in [9.17, 15) is 9.59 Å². The minimum Gasteiger partial charge on any atom is -0.451 e. The van der Waals surface area contributed by atoms with E-state index in [0.29, 0.717) is 16.4 Å². The van der Waals surface area contributed by atoms with Crippen molar-refractivity contribution in [1.82, 2.24) is 9.97 Å². The van der Waals surface area contributed by atoms with Crippen LogP contribution in [-0.2, 0) is 9.53 Å². The first-order valence-electron chi connectivity index (χ1n) is 6.17. The summed E-state index contributed by atoms with van der Waals surface area (Å²) in [6, 6.07) is 4.81. The van der Waals surface area contributed by atoms with E-state index in [1.54, 1.807) is 25.1 Å². The molecule has 0 aliphatic carbocycles. The maximum absolute atomic E-state index is 11.7. The van der Waals surface area contributed by atoms with E-state index < -0.39 is 18.5 Å². The number of esters is 1. The van der Waals surface area contributed by atoms with Crippen LogP contribution in [-0.4, -0.2) is 28.5 Å². The molecule has 1 amide bonds. The highest BCUT2D eigenvalue weighted by molar-refractivity contribution is 6.44. The van der Waals surface area contributed by atoms with Crippen molar-refractivity contribution in [3.05, 3.63) is 52.0 Å². The second kappa shape index (κ2) is 7.20. The van der Waals surface area contributed by atoms with Crippen molar-refractivity contribution >= 4 is 40.8 Å². The van der Waals surface area contributed by atoms with Gasteiger partial charge in [0.1, 0.15) is 0 Å². The zero-order valence-electron chi connectivity index (χ0n) is 11.5. The molecule has 1 aromatic carbocycles. The SMILES string of the molecule is Cc1cnc(C(=O)OCC(=O)Nc2cccc(Cl)c2Cl)cn1. The molecule has 2 rings (SSSR count). The molecule has 114 valence electrons. The maximum atomic E-state index is 11.7. The number of hydrogen-bond donors (Lipinski definition) is 1. The fourth-order valence-electron chi connectivity index (χ4n) is 1.49. The van der Waals surface area contributed by atoms with Crippen LogP contribution in [0.5, 0.6) is 0 Å². The van der Waals surface area contributed by atoms with Gasteiger partial charge in [-0.3, -0.25) is 9.78 Å². The topological polar surface area (TPSA) is 81.2 Å². The van der Waals surface area contributed by atoms with Crippen molar-refractivity contribution in [2.24, 2.45) is 0 Å². The lowest BCUT2D eigenvalue weighted by Crippen LogP contribution is -2.21. The Morgan fingerprint density at radius 2 is 2.00 bits per heavy atom. The largest absolute Gasteiger partial charge is 0.451 e. The van der Waals surface area contributed by atoms with Crippen LogP contribution >= 0.6 is 23.2 Å². The standard InChI is InChI=1S/C14H11Cl2N3O3/c1-8-5-18-11(6-17-8)14(21)22-7-12(20)19-10-4-2-3-9(15)13(10)16/h2-6H,7H2,1H3,(H,19,20). The molecule has 1 N–H and O–H groups in total. The summed E-state index contributed by atoms with van der Waals surface area (Å²) < 4.78 is 4.84. The smallest absolute Gasteiger partial charge is 0.359 e. The number of anilines is 1. The molecule has 0 spiro atoms. The average Bonchev–Trinajstić information content (AvgIpc) is 2.50. The summed E-state index contributed by atoms with van der Waals surface area (Å²) in [5, 5.41) is 3.03. The van der Waals surface area contributed by atoms with Gasteiger partial charge in [0.05, 0.1) is 27.6 Å². The van der Waals surface area contributed by atoms with E-state index in [4.69, 9.17) is 27.9 Å². The van der Waals surface area contributed by atoms with E-state index in [1.807, 2.05) is 0 Å². The van der Waals surface area contributed by atoms with Crippen LogP contribution in [0.25, 0.3) is 0 Å². The van der Waals surface area contributed by atoms with E-state index in [-0.39, 0.29) is 10.7 Å². The molecule has 6 nitrogen and oxygen atoms in total. The third-order valence-electron chi connectivity index (χ3n) is 2.55. The minimum absolute atomic E-state index is 0.0270. The van der Waals surface area contributed by atoms with Crippen LogP contribution in [0.3, 0.4) is 0 Å². The number of benzene rings is 1. The summed E-state index contributed by atoms with van der Waals surface area (Å²) in [5.74, 6) is -1.28. The Balaban J connectivity index is 1.91. The number of nitrogens with one attached hydrogen (secondary N) is 1. The molecule has 0 aliphatic heterocycles. The second-order valence-corrected chi connectivity index (χ2v) is 5.05. The van der Waals surface area contributed by atoms with Crippen LogP contribution in [0.15, 0.2) is 30.6 Å². The molecule has 0 saturated carbocycles. The lowest BCUT2D eigenvalue weighted by Gasteiger charge is -2.08. The van der Waals surface area contributed by atoms with Crippen LogP contribution in [0, 0.1) is 6.92 Å². The van der Waals surface area contributed by atoms with E-state index in [2.05, 4.69) is 15.3 Å². The van der Waals surface area contributed by atoms with Gasteiger partial charge in [-0.15, -0.1) is 0 Å². The third-order valence-corrected chi connectivity index (χ3v) is 3.37. The van der Waals surface area contributed by atoms with Gasteiger partial charge >= 0.3 is 5.97 Å². The number of ether oxygens (including phenoxy) is 1. The molecule has 0 saturated heterocycles. The van der Waals surface area contributed by atoms with Gasteiger partial charge in [0, 0.05) is 6.20 Å². The summed E-state index contributed by atoms with van der Waals surface area (Å²) in [5.41, 5.74) is 1.04. The van der Waals surface area contributed by atoms with E-state index in [0.717, 1.165) is 0 Å². The van der Waals surface area contributed by atoms with Gasteiger partial charge in [-0.25, -0.2) is 9.78 Å². The third kappa shape index (κ3) is 4.16. The first-order valence-corrected chi connectivity index (χ1v) is 6.92. The Morgan fingerprint density at radius 1 is 1.23 bits per heavy atom. The summed E-state index contributed by atoms with van der Waals surface area (Å²) >= 11 is 11.8. The predicted octanol–water partition coefficient (Wildman–Crippen LogP) is 2.89. The minimum atomic E-state index is -0.736. The predicted molar refractivity (Wildman–Crippen MR) is 82.1 cm³/mol. The first kappa shape index (κ1) is 16.2. The zero-order valence-corrected chi connectivity index (χ0v) is 13.0. The fraction of sp³-hybridized carbons (Fsp3) is 0.143. The monoisotopic (exact) mass is 339 g/mol. The van der Waals surface area contributed by atoms with Crippen LogP contribution < -0.4 is 5.32 Å². The molecule has 8 heteroatoms. The molecular formula is C14H11Cl2N3O3. The van der Waals surface area contributed by atoms with Crippen molar-refractivity contribution in [2.45, 2.75) is 6.92 Å². The van der Waals surface area contributed by atoms with Gasteiger partial charge in [0.25, 0.3) is 5.91 Å². The van der Waals surface area contributed by atoms with Gasteiger partial charge in [-0.2, -0.15) is 0 Å². The average molecular weight is 340 g/mol. The second-order valence-electron chi connectivity index (χ2n) is 4.27. The number of aryl methyl sites for hydroxylation is 1. The van der Waals surface area contributed by atoms with Crippen LogP contribution in [0.2, 0.25) is 10.0 Å². The number of halogens is 2. The zero-order chi connectivity index (χ0) is 16.1. The number of carbonyl (C=O) groups is 2. The molecule has 22 heavy (non-hydrogen) atoms. The van der Waals surface area contributed by atoms with E-state index in [1.165, 1.54) is 12.4 Å². The first-order chi connectivity index (χ1) is 10.5. The highest BCUT2D eigenvalue weighted by Gasteiger charge is 2.13. The Morgan fingerprint density at radius 3 is 2.68 bits per heavy atom. The number of aromatic nitrogens is 2. The lowest BCUT2D eigenvalue weighted by molar-refractivity contribution is -0.119. The van der Waals surface area contributed by atoms with E-state index >= 15 is 0 Å². The van der Waals surface area contributed by atoms with Crippen LogP contribution in [0.1, 0.15) is 16.2 Å². The summed E-state index contributed by atoms with van der Waals surface area (Å²) in [6.07, 6.45) is 2.71. The van der Waals surface area contributed by atoms with Crippen LogP contribution in [0.4, 0.5) is 5.69 Å². The van der Waals surface area contributed by atoms with Gasteiger partial charge in [0.15, 0.2) is 12.3 Å². The van der Waals surface area contributed by atoms with Crippen molar-refractivity contribution in [3.8, 4) is 0 Å². The van der Waals surface area contributed by atoms with Gasteiger partial charge in [-0.05, 0) is 19.1 Å². The Bertz CT molecular complexity index is 705. The van der Waals surface area contributed by atoms with Crippen molar-refractivity contribution in [3.63, 3.8) is 0 Å². The van der Waals surface area contributed by atoms with Gasteiger partial charge in [0.2, 0.25) is 0 Å². The molecule has 0 bridgehead atoms. The molecule has 0 radical (unpaired) electrons. The maximum Gasteiger partial charge on any atom is 0.359 e. The molecule has 1 aromatic heterocycles. The molecule has 1 heterocycles. The summed E-state index contributed by atoms with van der Waals surface area (Å²) in [7, 11) is 0. The molecule has 2 aromatic rings. The number of amides is 1. The normalized spacial score (nSPS) is 10.1. The number of carbonyl (C=O) groups excluding carboxylic acids is 2. The number of hydrogen-bond acceptors (Lipinski definition) is 5. The Hall–Kier alpha value is -2.18. The highest BCUT2D eigenvalue weighted by Crippen LogP contribution is 2.29. The number of rotatable bonds is 4. The van der Waals surface area contributed by atoms with Crippen molar-refractivity contribution < 1.29 is 14.3 Å². The summed E-state index contributed by atoms with van der Waals surface area (Å²) in [4.78, 5) is 31.2. The quantitative estimate of drug-likeness (QED) is 0.866. The highest BCUT2D eigenvalue weighted by atomic mass is 35.5. The van der Waals surface area contributed by atoms with Crippen molar-refractivity contribution in [1.29, 1.82) is 0 Å². The van der Waals surface area contributed by atoms with Gasteiger partial charge < -0.3 is 10.1 Å². The van der Waals surface area contributed by atoms with Crippen molar-refractivity contribution in [2.75, 3.05) is 11.9 Å². The van der Waals surface area contributed by atoms with Gasteiger partial charge in [-0.1, -0.05) is 29.3 Å². The fourth-order valence-corrected chi connectivity index (χ4v) is 1.84. The molecule has 0 unspecified atom stereocenters. The molecule has 0 atom stereocenters. The molecular weight excluding hydrogens is 329 g/mol.